The van der Waals surface area contributed by atoms with E-state index < -0.39 is 0 Å². The maximum absolute atomic E-state index is 12.0. The lowest BCUT2D eigenvalue weighted by molar-refractivity contribution is -0.128. The Morgan fingerprint density at radius 1 is 1.35 bits per heavy atom. The Bertz CT molecular complexity index is 388. The number of nitrogens with one attached hydrogen (secondary N) is 2. The van der Waals surface area contributed by atoms with Crippen molar-refractivity contribution in [3.8, 4) is 0 Å². The molecule has 132 valence electrons. The molecule has 2 fully saturated rings. The van der Waals surface area contributed by atoms with Gasteiger partial charge in [-0.25, -0.2) is 0 Å². The monoisotopic (exact) mass is 328 g/mol. The molecule has 8 nitrogen and oxygen atoms in total. The number of morpholine rings is 1. The van der Waals surface area contributed by atoms with Crippen molar-refractivity contribution in [1.29, 1.82) is 0 Å². The molecule has 2 N–H and O–H groups in total. The van der Waals surface area contributed by atoms with Crippen LogP contribution >= 0.6 is 0 Å². The highest BCUT2D eigenvalue weighted by molar-refractivity contribution is 5.83. The minimum Gasteiger partial charge on any atom is -0.383 e. The minimum absolute atomic E-state index is 0.0751. The van der Waals surface area contributed by atoms with Gasteiger partial charge in [0.2, 0.25) is 11.8 Å². The van der Waals surface area contributed by atoms with Crippen molar-refractivity contribution in [2.24, 2.45) is 0 Å². The maximum Gasteiger partial charge on any atom is 0.234 e. The van der Waals surface area contributed by atoms with Crippen molar-refractivity contribution in [2.45, 2.75) is 12.5 Å². The van der Waals surface area contributed by atoms with E-state index >= 15 is 0 Å². The van der Waals surface area contributed by atoms with Crippen LogP contribution in [0.4, 0.5) is 0 Å². The molecule has 0 aromatic carbocycles. The molecule has 8 heteroatoms. The molecule has 0 saturated carbocycles. The Morgan fingerprint density at radius 2 is 2.13 bits per heavy atom. The van der Waals surface area contributed by atoms with Gasteiger partial charge in [0.05, 0.1) is 32.4 Å². The van der Waals surface area contributed by atoms with Crippen LogP contribution in [0.15, 0.2) is 0 Å². The largest absolute Gasteiger partial charge is 0.383 e. The predicted octanol–water partition coefficient (Wildman–Crippen LogP) is -1.73. The molecule has 0 radical (unpaired) electrons. The van der Waals surface area contributed by atoms with E-state index in [0.29, 0.717) is 26.1 Å². The Labute approximate surface area is 137 Å². The highest BCUT2D eigenvalue weighted by Crippen LogP contribution is 2.11. The lowest BCUT2D eigenvalue weighted by Crippen LogP contribution is -2.44. The smallest absolute Gasteiger partial charge is 0.234 e. The number of likely N-dealkylation sites (tertiary alicyclic amines) is 1. The van der Waals surface area contributed by atoms with E-state index in [4.69, 9.17) is 9.47 Å². The van der Waals surface area contributed by atoms with E-state index in [9.17, 15) is 9.59 Å². The molecule has 1 atom stereocenters. The van der Waals surface area contributed by atoms with Gasteiger partial charge in [0.25, 0.3) is 0 Å². The predicted molar refractivity (Wildman–Crippen MR) is 85.1 cm³/mol. The van der Waals surface area contributed by atoms with E-state index in [0.717, 1.165) is 39.4 Å². The summed E-state index contributed by atoms with van der Waals surface area (Å²) < 4.78 is 10.2. The number of hydrogen-bond donors (Lipinski definition) is 2. The molecule has 0 spiro atoms. The van der Waals surface area contributed by atoms with E-state index in [1.54, 1.807) is 7.11 Å². The van der Waals surface area contributed by atoms with Crippen LogP contribution in [-0.2, 0) is 19.1 Å². The first-order valence-electron chi connectivity index (χ1n) is 8.26. The third-order valence-corrected chi connectivity index (χ3v) is 4.14. The first kappa shape index (κ1) is 18.1. The number of carbonyl (C=O) groups excluding carboxylic acids is 2. The SMILES string of the molecule is COCCNCC(=O)NC1CC(=O)N(CCN2CCOCC2)C1. The summed E-state index contributed by atoms with van der Waals surface area (Å²) in [5, 5.41) is 5.91. The van der Waals surface area contributed by atoms with Crippen LogP contribution in [0.25, 0.3) is 0 Å². The summed E-state index contributed by atoms with van der Waals surface area (Å²) in [5.41, 5.74) is 0. The van der Waals surface area contributed by atoms with Gasteiger partial charge in [-0.15, -0.1) is 0 Å². The highest BCUT2D eigenvalue weighted by atomic mass is 16.5. The van der Waals surface area contributed by atoms with Crippen molar-refractivity contribution >= 4 is 11.8 Å². The van der Waals surface area contributed by atoms with Crippen LogP contribution in [0.3, 0.4) is 0 Å². The molecule has 2 heterocycles. The van der Waals surface area contributed by atoms with E-state index in [-0.39, 0.29) is 24.4 Å². The Hall–Kier alpha value is -1.22. The third-order valence-electron chi connectivity index (χ3n) is 4.14. The van der Waals surface area contributed by atoms with Crippen molar-refractivity contribution < 1.29 is 19.1 Å². The van der Waals surface area contributed by atoms with Gasteiger partial charge in [0, 0.05) is 52.8 Å². The zero-order valence-electron chi connectivity index (χ0n) is 13.9. The summed E-state index contributed by atoms with van der Waals surface area (Å²) in [4.78, 5) is 28.0. The van der Waals surface area contributed by atoms with Crippen LogP contribution in [0, 0.1) is 0 Å². The number of ether oxygens (including phenoxy) is 2. The number of nitrogens with zero attached hydrogens (tertiary/aromatic N) is 2. The number of hydrogen-bond acceptors (Lipinski definition) is 6. The van der Waals surface area contributed by atoms with Crippen molar-refractivity contribution in [3.63, 3.8) is 0 Å². The number of amides is 2. The quantitative estimate of drug-likeness (QED) is 0.490. The topological polar surface area (TPSA) is 83.1 Å². The fourth-order valence-corrected chi connectivity index (χ4v) is 2.83. The van der Waals surface area contributed by atoms with Crippen LogP contribution in [0.1, 0.15) is 6.42 Å². The summed E-state index contributed by atoms with van der Waals surface area (Å²) in [6, 6.07) is -0.0797. The zero-order valence-corrected chi connectivity index (χ0v) is 13.9. The molecule has 0 aliphatic carbocycles. The maximum atomic E-state index is 12.0. The molecule has 1 unspecified atom stereocenters. The molecule has 2 amide bonds. The van der Waals surface area contributed by atoms with Crippen molar-refractivity contribution in [1.82, 2.24) is 20.4 Å². The van der Waals surface area contributed by atoms with Gasteiger partial charge < -0.3 is 25.0 Å². The number of methoxy groups -OCH3 is 1. The second-order valence-electron chi connectivity index (χ2n) is 5.93. The van der Waals surface area contributed by atoms with E-state index in [2.05, 4.69) is 15.5 Å². The lowest BCUT2D eigenvalue weighted by Gasteiger charge is -2.28. The molecular formula is C15H28N4O4. The van der Waals surface area contributed by atoms with E-state index in [1.165, 1.54) is 0 Å². The van der Waals surface area contributed by atoms with Gasteiger partial charge in [-0.05, 0) is 0 Å². The fraction of sp³-hybridized carbons (Fsp3) is 0.867. The van der Waals surface area contributed by atoms with Gasteiger partial charge >= 0.3 is 0 Å². The normalized spacial score (nSPS) is 22.6. The first-order chi connectivity index (χ1) is 11.2. The highest BCUT2D eigenvalue weighted by Gasteiger charge is 2.30. The van der Waals surface area contributed by atoms with Gasteiger partial charge in [-0.2, -0.15) is 0 Å². The summed E-state index contributed by atoms with van der Waals surface area (Å²) in [5.74, 6) is 0.0461. The molecule has 0 aromatic heterocycles. The van der Waals surface area contributed by atoms with Gasteiger partial charge in [0.1, 0.15) is 0 Å². The van der Waals surface area contributed by atoms with Crippen LogP contribution in [-0.4, -0.2) is 100 Å². The Kier molecular flexibility index (Phi) is 7.73. The first-order valence-corrected chi connectivity index (χ1v) is 8.26. The lowest BCUT2D eigenvalue weighted by atomic mass is 10.2. The Morgan fingerprint density at radius 3 is 2.87 bits per heavy atom. The molecule has 2 rings (SSSR count). The average molecular weight is 328 g/mol. The molecule has 0 aromatic rings. The Balaban J connectivity index is 1.62. The molecule has 0 bridgehead atoms. The molecule has 2 aliphatic heterocycles. The fourth-order valence-electron chi connectivity index (χ4n) is 2.83. The van der Waals surface area contributed by atoms with E-state index in [1.807, 2.05) is 4.90 Å². The van der Waals surface area contributed by atoms with Gasteiger partial charge in [-0.3, -0.25) is 14.5 Å². The second-order valence-corrected chi connectivity index (χ2v) is 5.93. The van der Waals surface area contributed by atoms with Crippen molar-refractivity contribution in [2.75, 3.05) is 72.7 Å². The molecule has 23 heavy (non-hydrogen) atoms. The summed E-state index contributed by atoms with van der Waals surface area (Å²) in [6.07, 6.45) is 0.396. The number of rotatable bonds is 9. The third kappa shape index (κ3) is 6.42. The van der Waals surface area contributed by atoms with Crippen LogP contribution in [0.5, 0.6) is 0 Å². The average Bonchev–Trinajstić information content (AvgIpc) is 2.90. The van der Waals surface area contributed by atoms with Gasteiger partial charge in [-0.1, -0.05) is 0 Å². The standard InChI is InChI=1S/C15H28N4O4/c1-22-7-2-16-11-14(20)17-13-10-15(21)19(12-13)4-3-18-5-8-23-9-6-18/h13,16H,2-12H2,1H3,(H,17,20). The van der Waals surface area contributed by atoms with Crippen LogP contribution < -0.4 is 10.6 Å². The summed E-state index contributed by atoms with van der Waals surface area (Å²) in [6.45, 7) is 7.04. The minimum atomic E-state index is -0.0797. The van der Waals surface area contributed by atoms with Gasteiger partial charge in [0.15, 0.2) is 0 Å². The second kappa shape index (κ2) is 9.82. The molecule has 2 aliphatic rings. The molecular weight excluding hydrogens is 300 g/mol. The molecule has 2 saturated heterocycles. The summed E-state index contributed by atoms with van der Waals surface area (Å²) >= 11 is 0. The zero-order chi connectivity index (χ0) is 16.5. The summed E-state index contributed by atoms with van der Waals surface area (Å²) in [7, 11) is 1.62. The number of carbonyl (C=O) groups is 2. The van der Waals surface area contributed by atoms with Crippen molar-refractivity contribution in [3.05, 3.63) is 0 Å². The van der Waals surface area contributed by atoms with Crippen LogP contribution in [0.2, 0.25) is 0 Å².